The van der Waals surface area contributed by atoms with Crippen molar-refractivity contribution in [1.29, 1.82) is 0 Å². The second-order valence-corrected chi connectivity index (χ2v) is 7.88. The van der Waals surface area contributed by atoms with Crippen LogP contribution < -0.4 is 0 Å². The molecule has 0 bridgehead atoms. The predicted octanol–water partition coefficient (Wildman–Crippen LogP) is 3.51. The Morgan fingerprint density at radius 2 is 1.85 bits per heavy atom. The largest absolute Gasteiger partial charge is 0.342 e. The zero-order chi connectivity index (χ0) is 18.5. The standard InChI is InChI=1S/C22H30N2O2/c1-17-5-3-7-19(15-17)8-9-21(25)23-13-10-20(11-14-23)22(26)24-12-4-6-18(2)16-24/h3,5,7-9,15,18,20H,4,6,10-14,16H2,1-2H3/b9-8+. The van der Waals surface area contributed by atoms with Crippen LogP contribution in [0.2, 0.25) is 0 Å². The molecule has 0 aromatic heterocycles. The summed E-state index contributed by atoms with van der Waals surface area (Å²) < 4.78 is 0. The van der Waals surface area contributed by atoms with Crippen molar-refractivity contribution < 1.29 is 9.59 Å². The third kappa shape index (κ3) is 4.75. The fourth-order valence-electron chi connectivity index (χ4n) is 4.04. The predicted molar refractivity (Wildman–Crippen MR) is 104 cm³/mol. The van der Waals surface area contributed by atoms with Gasteiger partial charge < -0.3 is 9.80 Å². The average molecular weight is 354 g/mol. The Morgan fingerprint density at radius 3 is 2.54 bits per heavy atom. The highest BCUT2D eigenvalue weighted by Crippen LogP contribution is 2.23. The van der Waals surface area contributed by atoms with Gasteiger partial charge in [-0.05, 0) is 50.2 Å². The molecule has 140 valence electrons. The van der Waals surface area contributed by atoms with Crippen molar-refractivity contribution in [3.63, 3.8) is 0 Å². The van der Waals surface area contributed by atoms with Crippen molar-refractivity contribution >= 4 is 17.9 Å². The maximum absolute atomic E-state index is 12.7. The van der Waals surface area contributed by atoms with E-state index in [9.17, 15) is 9.59 Å². The molecule has 2 amide bonds. The molecule has 0 N–H and O–H groups in total. The second kappa shape index (κ2) is 8.52. The molecule has 1 atom stereocenters. The van der Waals surface area contributed by atoms with Gasteiger partial charge >= 0.3 is 0 Å². The molecule has 2 aliphatic heterocycles. The summed E-state index contributed by atoms with van der Waals surface area (Å²) >= 11 is 0. The highest BCUT2D eigenvalue weighted by atomic mass is 16.2. The number of hydrogen-bond donors (Lipinski definition) is 0. The Labute approximate surface area is 156 Å². The average Bonchev–Trinajstić information content (AvgIpc) is 2.66. The third-order valence-electron chi connectivity index (χ3n) is 5.59. The van der Waals surface area contributed by atoms with Crippen LogP contribution in [0, 0.1) is 18.8 Å². The highest BCUT2D eigenvalue weighted by molar-refractivity contribution is 5.92. The minimum absolute atomic E-state index is 0.0454. The van der Waals surface area contributed by atoms with Crippen LogP contribution in [0.25, 0.3) is 6.08 Å². The smallest absolute Gasteiger partial charge is 0.246 e. The van der Waals surface area contributed by atoms with Crippen LogP contribution in [0.3, 0.4) is 0 Å². The van der Waals surface area contributed by atoms with E-state index in [2.05, 4.69) is 13.0 Å². The van der Waals surface area contributed by atoms with E-state index in [1.54, 1.807) is 6.08 Å². The van der Waals surface area contributed by atoms with Gasteiger partial charge in [-0.25, -0.2) is 0 Å². The minimum atomic E-state index is 0.0454. The number of benzene rings is 1. The highest BCUT2D eigenvalue weighted by Gasteiger charge is 2.31. The van der Waals surface area contributed by atoms with E-state index in [4.69, 9.17) is 0 Å². The number of aryl methyl sites for hydroxylation is 1. The van der Waals surface area contributed by atoms with Gasteiger partial charge in [-0.1, -0.05) is 36.8 Å². The van der Waals surface area contributed by atoms with E-state index >= 15 is 0 Å². The molecule has 1 aromatic rings. The molecule has 0 spiro atoms. The fraction of sp³-hybridized carbons (Fsp3) is 0.545. The minimum Gasteiger partial charge on any atom is -0.342 e. The van der Waals surface area contributed by atoms with E-state index in [0.29, 0.717) is 24.9 Å². The van der Waals surface area contributed by atoms with Gasteiger partial charge in [-0.2, -0.15) is 0 Å². The lowest BCUT2D eigenvalue weighted by atomic mass is 9.92. The summed E-state index contributed by atoms with van der Waals surface area (Å²) in [7, 11) is 0. The molecule has 0 aliphatic carbocycles. The van der Waals surface area contributed by atoms with Gasteiger partial charge in [0.2, 0.25) is 11.8 Å². The molecule has 4 nitrogen and oxygen atoms in total. The number of likely N-dealkylation sites (tertiary alicyclic amines) is 2. The zero-order valence-corrected chi connectivity index (χ0v) is 16.0. The van der Waals surface area contributed by atoms with Crippen LogP contribution in [0.5, 0.6) is 0 Å². The van der Waals surface area contributed by atoms with Crippen molar-refractivity contribution in [1.82, 2.24) is 9.80 Å². The van der Waals surface area contributed by atoms with Crippen LogP contribution in [0.15, 0.2) is 30.3 Å². The molecule has 2 fully saturated rings. The van der Waals surface area contributed by atoms with Crippen LogP contribution >= 0.6 is 0 Å². The second-order valence-electron chi connectivity index (χ2n) is 7.88. The summed E-state index contributed by atoms with van der Waals surface area (Å²) in [6.07, 6.45) is 7.45. The van der Waals surface area contributed by atoms with Crippen LogP contribution in [-0.4, -0.2) is 47.8 Å². The summed E-state index contributed by atoms with van der Waals surface area (Å²) in [5, 5.41) is 0. The van der Waals surface area contributed by atoms with E-state index in [1.807, 2.05) is 41.0 Å². The number of carbonyl (C=O) groups excluding carboxylic acids is 2. The van der Waals surface area contributed by atoms with Gasteiger partial charge in [0.25, 0.3) is 0 Å². The number of rotatable bonds is 3. The van der Waals surface area contributed by atoms with E-state index in [-0.39, 0.29) is 11.8 Å². The summed E-state index contributed by atoms with van der Waals surface area (Å²) in [5.74, 6) is 1.05. The van der Waals surface area contributed by atoms with Crippen molar-refractivity contribution in [2.75, 3.05) is 26.2 Å². The topological polar surface area (TPSA) is 40.6 Å². The summed E-state index contributed by atoms with van der Waals surface area (Å²) in [5.41, 5.74) is 2.23. The number of piperidine rings is 2. The number of amides is 2. The lowest BCUT2D eigenvalue weighted by Gasteiger charge is -2.37. The Kier molecular flexibility index (Phi) is 6.12. The monoisotopic (exact) mass is 354 g/mol. The number of carbonyl (C=O) groups is 2. The van der Waals surface area contributed by atoms with Crippen molar-refractivity contribution in [3.05, 3.63) is 41.5 Å². The van der Waals surface area contributed by atoms with Gasteiger partial charge in [-0.15, -0.1) is 0 Å². The van der Waals surface area contributed by atoms with E-state index in [0.717, 1.165) is 37.9 Å². The summed E-state index contributed by atoms with van der Waals surface area (Å²) in [6.45, 7) is 7.43. The van der Waals surface area contributed by atoms with Crippen LogP contribution in [0.1, 0.15) is 43.7 Å². The molecule has 2 heterocycles. The Morgan fingerprint density at radius 1 is 1.08 bits per heavy atom. The van der Waals surface area contributed by atoms with Crippen LogP contribution in [0.4, 0.5) is 0 Å². The lowest BCUT2D eigenvalue weighted by molar-refractivity contribution is -0.140. The normalized spacial score (nSPS) is 22.0. The molecule has 2 aliphatic rings. The summed E-state index contributed by atoms with van der Waals surface area (Å²) in [6, 6.07) is 8.11. The van der Waals surface area contributed by atoms with Gasteiger partial charge in [0, 0.05) is 38.2 Å². The molecule has 4 heteroatoms. The first kappa shape index (κ1) is 18.7. The molecule has 1 unspecified atom stereocenters. The molecule has 26 heavy (non-hydrogen) atoms. The first-order chi connectivity index (χ1) is 12.5. The molecule has 3 rings (SSSR count). The maximum Gasteiger partial charge on any atom is 0.246 e. The first-order valence-corrected chi connectivity index (χ1v) is 9.85. The van der Waals surface area contributed by atoms with Crippen molar-refractivity contribution in [2.45, 2.75) is 39.5 Å². The Balaban J connectivity index is 1.50. The molecule has 2 saturated heterocycles. The van der Waals surface area contributed by atoms with Crippen LogP contribution in [-0.2, 0) is 9.59 Å². The number of hydrogen-bond acceptors (Lipinski definition) is 2. The molecule has 0 saturated carbocycles. The molecule has 0 radical (unpaired) electrons. The Hall–Kier alpha value is -2.10. The van der Waals surface area contributed by atoms with Gasteiger partial charge in [0.1, 0.15) is 0 Å². The zero-order valence-electron chi connectivity index (χ0n) is 16.0. The molecule has 1 aromatic carbocycles. The summed E-state index contributed by atoms with van der Waals surface area (Å²) in [4.78, 5) is 29.1. The number of nitrogens with zero attached hydrogens (tertiary/aromatic N) is 2. The fourth-order valence-corrected chi connectivity index (χ4v) is 4.04. The third-order valence-corrected chi connectivity index (χ3v) is 5.59. The molecular weight excluding hydrogens is 324 g/mol. The van der Waals surface area contributed by atoms with E-state index < -0.39 is 0 Å². The Bertz CT molecular complexity index is 674. The lowest BCUT2D eigenvalue weighted by Crippen LogP contribution is -2.46. The van der Waals surface area contributed by atoms with E-state index in [1.165, 1.54) is 12.0 Å². The quantitative estimate of drug-likeness (QED) is 0.780. The van der Waals surface area contributed by atoms with Gasteiger partial charge in [0.05, 0.1) is 0 Å². The molecular formula is C22H30N2O2. The van der Waals surface area contributed by atoms with Crippen molar-refractivity contribution in [2.24, 2.45) is 11.8 Å². The first-order valence-electron chi connectivity index (χ1n) is 9.85. The maximum atomic E-state index is 12.7. The van der Waals surface area contributed by atoms with Crippen molar-refractivity contribution in [3.8, 4) is 0 Å². The van der Waals surface area contributed by atoms with Gasteiger partial charge in [0.15, 0.2) is 0 Å². The SMILES string of the molecule is Cc1cccc(/C=C/C(=O)N2CCC(C(=O)N3CCCC(C)C3)CC2)c1. The van der Waals surface area contributed by atoms with Gasteiger partial charge in [-0.3, -0.25) is 9.59 Å².